The molecule has 1 fully saturated rings. The maximum Gasteiger partial charge on any atom is 0.319 e. The number of rotatable bonds is 6. The van der Waals surface area contributed by atoms with Crippen molar-refractivity contribution in [3.8, 4) is 0 Å². The third kappa shape index (κ3) is 3.25. The summed E-state index contributed by atoms with van der Waals surface area (Å²) in [4.78, 5) is 34.8. The van der Waals surface area contributed by atoms with Crippen LogP contribution in [0.25, 0.3) is 0 Å². The summed E-state index contributed by atoms with van der Waals surface area (Å²) in [6.07, 6.45) is 1.31. The van der Waals surface area contributed by atoms with E-state index in [0.29, 0.717) is 24.9 Å². The molecule has 22 heavy (non-hydrogen) atoms. The lowest BCUT2D eigenvalue weighted by Crippen LogP contribution is -2.52. The van der Waals surface area contributed by atoms with Crippen molar-refractivity contribution in [2.45, 2.75) is 25.9 Å². The van der Waals surface area contributed by atoms with Crippen LogP contribution in [0.2, 0.25) is 0 Å². The molecule has 0 heterocycles. The van der Waals surface area contributed by atoms with Gasteiger partial charge >= 0.3 is 5.97 Å². The number of nitrogens with one attached hydrogen (secondary N) is 2. The van der Waals surface area contributed by atoms with Gasteiger partial charge < -0.3 is 20.8 Å². The molecule has 0 saturated heterocycles. The molecular weight excluding hydrogens is 288 g/mol. The molecule has 0 unspecified atom stereocenters. The van der Waals surface area contributed by atoms with Gasteiger partial charge in [-0.05, 0) is 30.5 Å². The first-order chi connectivity index (χ1) is 10.5. The number of carbonyl (C=O) groups excluding carboxylic acids is 2. The number of aliphatic carboxylic acids is 1. The van der Waals surface area contributed by atoms with Crippen LogP contribution in [-0.4, -0.2) is 34.5 Å². The molecule has 2 rings (SSSR count). The van der Waals surface area contributed by atoms with Crippen LogP contribution in [0, 0.1) is 5.41 Å². The fourth-order valence-electron chi connectivity index (χ4n) is 2.30. The normalized spacial score (nSPS) is 15.5. The van der Waals surface area contributed by atoms with Crippen molar-refractivity contribution in [3.63, 3.8) is 0 Å². The van der Waals surface area contributed by atoms with Crippen molar-refractivity contribution in [1.29, 1.82) is 0 Å². The molecule has 4 N–H and O–H groups in total. The minimum atomic E-state index is -1.37. The van der Waals surface area contributed by atoms with Gasteiger partial charge in [0.25, 0.3) is 0 Å². The van der Waals surface area contributed by atoms with Crippen LogP contribution in [0.4, 0.5) is 5.69 Å². The zero-order valence-corrected chi connectivity index (χ0v) is 12.0. The highest BCUT2D eigenvalue weighted by molar-refractivity contribution is 6.04. The number of carbonyl (C=O) groups is 3. The maximum absolute atomic E-state index is 11.9. The summed E-state index contributed by atoms with van der Waals surface area (Å²) in [6, 6.07) is 6.61. The summed E-state index contributed by atoms with van der Waals surface area (Å²) in [7, 11) is 0. The summed E-state index contributed by atoms with van der Waals surface area (Å²) in [5, 5.41) is 23.0. The van der Waals surface area contributed by atoms with E-state index >= 15 is 0 Å². The molecule has 1 aromatic rings. The quantitative estimate of drug-likeness (QED) is 0.571. The largest absolute Gasteiger partial charge is 0.480 e. The van der Waals surface area contributed by atoms with E-state index in [9.17, 15) is 14.4 Å². The number of carboxylic acid groups (broad SMARTS) is 1. The predicted octanol–water partition coefficient (Wildman–Crippen LogP) is 0.488. The van der Waals surface area contributed by atoms with E-state index in [-0.39, 0.29) is 13.2 Å². The van der Waals surface area contributed by atoms with E-state index in [1.165, 1.54) is 0 Å². The Morgan fingerprint density at radius 3 is 2.23 bits per heavy atom. The second-order valence-electron chi connectivity index (χ2n) is 5.33. The molecule has 0 spiro atoms. The van der Waals surface area contributed by atoms with Crippen LogP contribution < -0.4 is 10.6 Å². The van der Waals surface area contributed by atoms with Gasteiger partial charge in [-0.25, -0.2) is 0 Å². The molecule has 0 bridgehead atoms. The Labute approximate surface area is 127 Å². The predicted molar refractivity (Wildman–Crippen MR) is 77.9 cm³/mol. The molecule has 1 aliphatic carbocycles. The van der Waals surface area contributed by atoms with E-state index in [4.69, 9.17) is 10.2 Å². The molecular formula is C15H18N2O5. The third-order valence-electron chi connectivity index (χ3n) is 3.88. The minimum absolute atomic E-state index is 0.0818. The van der Waals surface area contributed by atoms with Crippen molar-refractivity contribution in [2.24, 2.45) is 5.41 Å². The van der Waals surface area contributed by atoms with Crippen LogP contribution >= 0.6 is 0 Å². The van der Waals surface area contributed by atoms with Crippen molar-refractivity contribution in [3.05, 3.63) is 29.8 Å². The molecule has 0 radical (unpaired) electrons. The highest BCUT2D eigenvalue weighted by Gasteiger charge is 2.51. The molecule has 118 valence electrons. The van der Waals surface area contributed by atoms with Crippen LogP contribution in [0.1, 0.15) is 24.8 Å². The lowest BCUT2D eigenvalue weighted by molar-refractivity contribution is -0.162. The topological polar surface area (TPSA) is 116 Å². The van der Waals surface area contributed by atoms with Gasteiger partial charge in [-0.3, -0.25) is 14.4 Å². The first-order valence-electron chi connectivity index (χ1n) is 6.99. The lowest BCUT2D eigenvalue weighted by atomic mass is 9.68. The molecule has 0 aliphatic heterocycles. The molecule has 1 saturated carbocycles. The third-order valence-corrected chi connectivity index (χ3v) is 3.88. The lowest BCUT2D eigenvalue weighted by Gasteiger charge is -2.35. The summed E-state index contributed by atoms with van der Waals surface area (Å²) < 4.78 is 0. The molecule has 2 amide bonds. The second kappa shape index (κ2) is 6.57. The fraction of sp³-hybridized carbons (Fsp3) is 0.400. The number of anilines is 1. The van der Waals surface area contributed by atoms with Gasteiger partial charge in [0.15, 0.2) is 0 Å². The zero-order valence-electron chi connectivity index (χ0n) is 12.0. The van der Waals surface area contributed by atoms with Crippen molar-refractivity contribution in [2.75, 3.05) is 11.9 Å². The number of carboxylic acids is 1. The molecule has 0 aromatic heterocycles. The summed E-state index contributed by atoms with van der Waals surface area (Å²) in [5.74, 6) is -2.20. The standard InChI is InChI=1S/C15H18N2O5/c18-9-10-2-4-11(5-3-10)17-12(19)8-16-13(20)15(14(21)22)6-1-7-15/h2-5,18H,1,6-9H2,(H,16,20)(H,17,19)(H,21,22). The number of aliphatic hydroxyl groups is 1. The van der Waals surface area contributed by atoms with Gasteiger partial charge in [-0.2, -0.15) is 0 Å². The SMILES string of the molecule is O=C(CNC(=O)C1(C(=O)O)CCC1)Nc1ccc(CO)cc1. The summed E-state index contributed by atoms with van der Waals surface area (Å²) in [5.41, 5.74) is -0.115. The van der Waals surface area contributed by atoms with E-state index in [0.717, 1.165) is 5.56 Å². The number of amides is 2. The van der Waals surface area contributed by atoms with Crippen molar-refractivity contribution in [1.82, 2.24) is 5.32 Å². The van der Waals surface area contributed by atoms with Gasteiger partial charge in [-0.1, -0.05) is 18.6 Å². The van der Waals surface area contributed by atoms with E-state index in [1.54, 1.807) is 24.3 Å². The van der Waals surface area contributed by atoms with Crippen molar-refractivity contribution < 1.29 is 24.6 Å². The Morgan fingerprint density at radius 2 is 1.77 bits per heavy atom. The van der Waals surface area contributed by atoms with Gasteiger partial charge in [0, 0.05) is 5.69 Å². The number of hydrogen-bond acceptors (Lipinski definition) is 4. The van der Waals surface area contributed by atoms with Crippen molar-refractivity contribution >= 4 is 23.5 Å². The van der Waals surface area contributed by atoms with E-state index < -0.39 is 23.2 Å². The Morgan fingerprint density at radius 1 is 1.14 bits per heavy atom. The fourth-order valence-corrected chi connectivity index (χ4v) is 2.30. The Hall–Kier alpha value is -2.41. The Kier molecular flexibility index (Phi) is 4.77. The summed E-state index contributed by atoms with van der Waals surface area (Å²) >= 11 is 0. The molecule has 1 aromatic carbocycles. The van der Waals surface area contributed by atoms with E-state index in [1.807, 2.05) is 0 Å². The number of benzene rings is 1. The van der Waals surface area contributed by atoms with Gasteiger partial charge in [0.05, 0.1) is 13.2 Å². The van der Waals surface area contributed by atoms with Gasteiger partial charge in [0.1, 0.15) is 5.41 Å². The van der Waals surface area contributed by atoms with Gasteiger partial charge in [0.2, 0.25) is 11.8 Å². The molecule has 1 aliphatic rings. The van der Waals surface area contributed by atoms with Crippen LogP contribution in [0.3, 0.4) is 0 Å². The molecule has 7 heteroatoms. The molecule has 0 atom stereocenters. The first kappa shape index (κ1) is 16.0. The molecule has 7 nitrogen and oxygen atoms in total. The average molecular weight is 306 g/mol. The zero-order chi connectivity index (χ0) is 16.2. The minimum Gasteiger partial charge on any atom is -0.480 e. The first-order valence-corrected chi connectivity index (χ1v) is 6.99. The van der Waals surface area contributed by atoms with E-state index in [2.05, 4.69) is 10.6 Å². The van der Waals surface area contributed by atoms with Crippen LogP contribution in [0.15, 0.2) is 24.3 Å². The highest BCUT2D eigenvalue weighted by Crippen LogP contribution is 2.41. The maximum atomic E-state index is 11.9. The number of hydrogen-bond donors (Lipinski definition) is 4. The number of aliphatic hydroxyl groups excluding tert-OH is 1. The second-order valence-corrected chi connectivity index (χ2v) is 5.33. The van der Waals surface area contributed by atoms with Crippen LogP contribution in [-0.2, 0) is 21.0 Å². The Balaban J connectivity index is 1.84. The average Bonchev–Trinajstić information content (AvgIpc) is 2.44. The van der Waals surface area contributed by atoms with Gasteiger partial charge in [-0.15, -0.1) is 0 Å². The Bertz CT molecular complexity index is 578. The van der Waals surface area contributed by atoms with Crippen LogP contribution in [0.5, 0.6) is 0 Å². The smallest absolute Gasteiger partial charge is 0.319 e. The highest BCUT2D eigenvalue weighted by atomic mass is 16.4. The summed E-state index contributed by atoms with van der Waals surface area (Å²) in [6.45, 7) is -0.364. The monoisotopic (exact) mass is 306 g/mol.